The molecule has 1 aromatic rings. The highest BCUT2D eigenvalue weighted by atomic mass is 32.2. The van der Waals surface area contributed by atoms with E-state index in [1.165, 1.54) is 31.2 Å². The van der Waals surface area contributed by atoms with Crippen molar-refractivity contribution in [2.24, 2.45) is 11.8 Å². The molecule has 1 heterocycles. The maximum atomic E-state index is 12.2. The van der Waals surface area contributed by atoms with Crippen molar-refractivity contribution in [2.75, 3.05) is 18.8 Å². The number of likely N-dealkylation sites (tertiary alicyclic amines) is 1. The Bertz CT molecular complexity index is 531. The molecule has 1 aromatic carbocycles. The predicted molar refractivity (Wildman–Crippen MR) is 86.4 cm³/mol. The normalized spacial score (nSPS) is 23.9. The molecule has 1 aliphatic carbocycles. The van der Waals surface area contributed by atoms with Crippen molar-refractivity contribution in [3.05, 3.63) is 36.5 Å². The fourth-order valence-corrected chi connectivity index (χ4v) is 3.90. The summed E-state index contributed by atoms with van der Waals surface area (Å²) in [5, 5.41) is 0. The molecule has 0 bridgehead atoms. The maximum Gasteiger partial charge on any atom is 0.277 e. The molecule has 1 saturated carbocycles. The first kappa shape index (κ1) is 14.3. The Hall–Kier alpha value is -1.62. The molecule has 4 nitrogen and oxygen atoms in total. The van der Waals surface area contributed by atoms with Gasteiger partial charge in [0, 0.05) is 23.7 Å². The summed E-state index contributed by atoms with van der Waals surface area (Å²) in [6, 6.07) is 7.43. The van der Waals surface area contributed by atoms with Crippen molar-refractivity contribution >= 4 is 23.5 Å². The minimum atomic E-state index is -0.100. The highest BCUT2D eigenvalue weighted by Gasteiger charge is 2.37. The first-order valence-corrected chi connectivity index (χ1v) is 8.21. The largest absolute Gasteiger partial charge is 0.399 e. The average Bonchev–Trinajstić information content (AvgIpc) is 3.06. The lowest BCUT2D eigenvalue weighted by Crippen LogP contribution is -2.30. The third-order valence-electron chi connectivity index (χ3n) is 4.51. The van der Waals surface area contributed by atoms with Crippen LogP contribution in [0, 0.1) is 11.8 Å². The number of anilines is 1. The monoisotopic (exact) mass is 303 g/mol. The summed E-state index contributed by atoms with van der Waals surface area (Å²) in [5.74, 6) is 1.43. The van der Waals surface area contributed by atoms with Crippen LogP contribution in [0.5, 0.6) is 0 Å². The standard InChI is InChI=1S/C16H21N3OS/c1-11(19-9-12-3-2-4-13(12)10-19)16(20)18-21-15-7-5-14(17)6-8-15/h5-8,12-13H,1-4,9-10,17H2,(H,18,20). The minimum absolute atomic E-state index is 0.100. The molecule has 2 aliphatic rings. The van der Waals surface area contributed by atoms with Gasteiger partial charge >= 0.3 is 0 Å². The zero-order chi connectivity index (χ0) is 14.8. The van der Waals surface area contributed by atoms with Crippen LogP contribution in [0.25, 0.3) is 0 Å². The van der Waals surface area contributed by atoms with Crippen LogP contribution in [-0.4, -0.2) is 23.9 Å². The number of rotatable bonds is 4. The number of hydrogen-bond acceptors (Lipinski definition) is 4. The van der Waals surface area contributed by atoms with Gasteiger partial charge in [0.1, 0.15) is 0 Å². The lowest BCUT2D eigenvalue weighted by atomic mass is 10.0. The molecule has 1 amide bonds. The van der Waals surface area contributed by atoms with Gasteiger partial charge in [-0.2, -0.15) is 0 Å². The molecule has 0 radical (unpaired) electrons. The molecular weight excluding hydrogens is 282 g/mol. The van der Waals surface area contributed by atoms with E-state index in [0.717, 1.165) is 35.5 Å². The van der Waals surface area contributed by atoms with Crippen LogP contribution in [0.15, 0.2) is 41.4 Å². The molecule has 2 unspecified atom stereocenters. The molecule has 0 aromatic heterocycles. The Labute approximate surface area is 129 Å². The van der Waals surface area contributed by atoms with Gasteiger partial charge in [0.15, 0.2) is 0 Å². The van der Waals surface area contributed by atoms with Crippen LogP contribution in [0.2, 0.25) is 0 Å². The van der Waals surface area contributed by atoms with E-state index in [9.17, 15) is 4.79 Å². The van der Waals surface area contributed by atoms with E-state index in [1.807, 2.05) is 24.3 Å². The molecule has 3 N–H and O–H groups in total. The number of fused-ring (bicyclic) bond motifs is 1. The molecular formula is C16H21N3OS. The van der Waals surface area contributed by atoms with Crippen molar-refractivity contribution < 1.29 is 4.79 Å². The van der Waals surface area contributed by atoms with Crippen LogP contribution in [0.3, 0.4) is 0 Å². The number of benzene rings is 1. The quantitative estimate of drug-likeness (QED) is 0.510. The molecule has 0 spiro atoms. The summed E-state index contributed by atoms with van der Waals surface area (Å²) in [6.07, 6.45) is 3.95. The van der Waals surface area contributed by atoms with Crippen molar-refractivity contribution in [2.45, 2.75) is 24.2 Å². The molecule has 1 saturated heterocycles. The Kier molecular flexibility index (Phi) is 4.10. The minimum Gasteiger partial charge on any atom is -0.399 e. The van der Waals surface area contributed by atoms with Crippen LogP contribution in [-0.2, 0) is 4.79 Å². The van der Waals surface area contributed by atoms with E-state index in [2.05, 4.69) is 16.2 Å². The van der Waals surface area contributed by atoms with Crippen LogP contribution in [0.1, 0.15) is 19.3 Å². The Morgan fingerprint density at radius 1 is 1.24 bits per heavy atom. The van der Waals surface area contributed by atoms with Crippen molar-refractivity contribution in [3.8, 4) is 0 Å². The SMILES string of the molecule is C=C(C(=O)NSc1ccc(N)cc1)N1CC2CCCC2C1. The number of amides is 1. The summed E-state index contributed by atoms with van der Waals surface area (Å²) < 4.78 is 2.86. The average molecular weight is 303 g/mol. The second-order valence-electron chi connectivity index (χ2n) is 5.91. The summed E-state index contributed by atoms with van der Waals surface area (Å²) in [4.78, 5) is 15.3. The van der Waals surface area contributed by atoms with Gasteiger partial charge in [-0.25, -0.2) is 0 Å². The number of carbonyl (C=O) groups is 1. The number of carbonyl (C=O) groups excluding carboxylic acids is 1. The van der Waals surface area contributed by atoms with Gasteiger partial charge in [0.2, 0.25) is 0 Å². The molecule has 2 atom stereocenters. The van der Waals surface area contributed by atoms with Crippen molar-refractivity contribution in [1.82, 2.24) is 9.62 Å². The highest BCUT2D eigenvalue weighted by molar-refractivity contribution is 7.98. The van der Waals surface area contributed by atoms with Crippen molar-refractivity contribution in [1.29, 1.82) is 0 Å². The van der Waals surface area contributed by atoms with E-state index < -0.39 is 0 Å². The highest BCUT2D eigenvalue weighted by Crippen LogP contribution is 2.38. The molecule has 5 heteroatoms. The van der Waals surface area contributed by atoms with Crippen molar-refractivity contribution in [3.63, 3.8) is 0 Å². The smallest absolute Gasteiger partial charge is 0.277 e. The van der Waals surface area contributed by atoms with Gasteiger partial charge in [0.05, 0.1) is 5.70 Å². The molecule has 2 fully saturated rings. The Morgan fingerprint density at radius 3 is 2.48 bits per heavy atom. The maximum absolute atomic E-state index is 12.2. The van der Waals surface area contributed by atoms with Gasteiger partial charge in [-0.1, -0.05) is 13.0 Å². The van der Waals surface area contributed by atoms with Gasteiger partial charge in [0.25, 0.3) is 5.91 Å². The van der Waals surface area contributed by atoms with E-state index >= 15 is 0 Å². The number of hydrogen-bond donors (Lipinski definition) is 2. The predicted octanol–water partition coefficient (Wildman–Crippen LogP) is 2.64. The molecule has 3 rings (SSSR count). The number of nitrogens with two attached hydrogens (primary N) is 1. The first-order chi connectivity index (χ1) is 10.1. The van der Waals surface area contributed by atoms with Crippen LogP contribution >= 0.6 is 11.9 Å². The van der Waals surface area contributed by atoms with Gasteiger partial charge in [-0.3, -0.25) is 9.52 Å². The summed E-state index contributed by atoms with van der Waals surface area (Å²) in [7, 11) is 0. The Morgan fingerprint density at radius 2 is 1.86 bits per heavy atom. The number of nitrogens with one attached hydrogen (secondary N) is 1. The zero-order valence-electron chi connectivity index (χ0n) is 12.0. The van der Waals surface area contributed by atoms with Crippen LogP contribution < -0.4 is 10.5 Å². The summed E-state index contributed by atoms with van der Waals surface area (Å²) >= 11 is 1.30. The Balaban J connectivity index is 1.51. The fourth-order valence-electron chi connectivity index (χ4n) is 3.30. The van der Waals surface area contributed by atoms with Gasteiger partial charge in [-0.05, 0) is 60.9 Å². The van der Waals surface area contributed by atoms with E-state index in [1.54, 1.807) is 0 Å². The lowest BCUT2D eigenvalue weighted by molar-refractivity contribution is -0.117. The number of nitrogen functional groups attached to an aromatic ring is 1. The van der Waals surface area contributed by atoms with E-state index in [0.29, 0.717) is 5.70 Å². The third kappa shape index (κ3) is 3.18. The number of nitrogens with zero attached hydrogens (tertiary/aromatic N) is 1. The van der Waals surface area contributed by atoms with E-state index in [-0.39, 0.29) is 5.91 Å². The first-order valence-electron chi connectivity index (χ1n) is 7.40. The zero-order valence-corrected chi connectivity index (χ0v) is 12.9. The second kappa shape index (κ2) is 6.02. The lowest BCUT2D eigenvalue weighted by Gasteiger charge is -2.21. The molecule has 112 valence electrons. The fraction of sp³-hybridized carbons (Fsp3) is 0.438. The molecule has 1 aliphatic heterocycles. The van der Waals surface area contributed by atoms with Gasteiger partial charge in [-0.15, -0.1) is 0 Å². The summed E-state index contributed by atoms with van der Waals surface area (Å²) in [6.45, 7) is 5.95. The summed E-state index contributed by atoms with van der Waals surface area (Å²) in [5.41, 5.74) is 6.95. The second-order valence-corrected chi connectivity index (χ2v) is 6.78. The molecule has 21 heavy (non-hydrogen) atoms. The third-order valence-corrected chi connectivity index (χ3v) is 5.31. The van der Waals surface area contributed by atoms with Crippen LogP contribution in [0.4, 0.5) is 5.69 Å². The van der Waals surface area contributed by atoms with E-state index in [4.69, 9.17) is 5.73 Å². The topological polar surface area (TPSA) is 58.4 Å². The van der Waals surface area contributed by atoms with Gasteiger partial charge < -0.3 is 10.6 Å².